The molecule has 1 amide bonds. The number of likely N-dealkylation sites (N-methyl/N-ethyl adjacent to an activating group) is 1. The third kappa shape index (κ3) is 5.03. The number of nitrogens with one attached hydrogen (secondary N) is 1. The standard InChI is InChI=1S/C21H24N6O/c1-26(2)18-6-4-17(5-7-18)24-20(28)19-10-14-23-21(25-19)27(3)15-11-16-8-12-22-13-9-16/h4-10,12-14H,11,15H2,1-3H3,(H,24,28). The van der Waals surface area contributed by atoms with Crippen LogP contribution in [0.5, 0.6) is 0 Å². The number of benzene rings is 1. The molecule has 7 nitrogen and oxygen atoms in total. The number of anilines is 3. The first-order valence-electron chi connectivity index (χ1n) is 9.05. The Morgan fingerprint density at radius 1 is 0.964 bits per heavy atom. The molecule has 0 bridgehead atoms. The van der Waals surface area contributed by atoms with Crippen molar-refractivity contribution < 1.29 is 4.79 Å². The van der Waals surface area contributed by atoms with Crippen LogP contribution in [0.2, 0.25) is 0 Å². The fraction of sp³-hybridized carbons (Fsp3) is 0.238. The third-order valence-corrected chi connectivity index (χ3v) is 4.34. The molecule has 2 aromatic heterocycles. The summed E-state index contributed by atoms with van der Waals surface area (Å²) < 4.78 is 0. The van der Waals surface area contributed by atoms with Crippen molar-refractivity contribution in [2.24, 2.45) is 0 Å². The number of rotatable bonds is 7. The lowest BCUT2D eigenvalue weighted by Gasteiger charge is -2.17. The van der Waals surface area contributed by atoms with E-state index >= 15 is 0 Å². The van der Waals surface area contributed by atoms with Gasteiger partial charge in [0.15, 0.2) is 0 Å². The minimum absolute atomic E-state index is 0.260. The summed E-state index contributed by atoms with van der Waals surface area (Å²) >= 11 is 0. The summed E-state index contributed by atoms with van der Waals surface area (Å²) in [4.78, 5) is 29.2. The van der Waals surface area contributed by atoms with Crippen LogP contribution in [0.4, 0.5) is 17.3 Å². The Hall–Kier alpha value is -3.48. The van der Waals surface area contributed by atoms with Gasteiger partial charge in [-0.05, 0) is 54.4 Å². The van der Waals surface area contributed by atoms with E-state index in [2.05, 4.69) is 20.3 Å². The van der Waals surface area contributed by atoms with Gasteiger partial charge in [0.05, 0.1) is 0 Å². The molecule has 3 aromatic rings. The minimum Gasteiger partial charge on any atom is -0.378 e. The third-order valence-electron chi connectivity index (χ3n) is 4.34. The lowest BCUT2D eigenvalue weighted by atomic mass is 10.2. The predicted octanol–water partition coefficient (Wildman–Crippen LogP) is 2.87. The molecule has 0 aliphatic rings. The van der Waals surface area contributed by atoms with Gasteiger partial charge in [-0.25, -0.2) is 9.97 Å². The van der Waals surface area contributed by atoms with Gasteiger partial charge in [0.25, 0.3) is 5.91 Å². The summed E-state index contributed by atoms with van der Waals surface area (Å²) in [6, 6.07) is 13.2. The number of hydrogen-bond donors (Lipinski definition) is 1. The molecule has 0 radical (unpaired) electrons. The van der Waals surface area contributed by atoms with Crippen LogP contribution in [0.25, 0.3) is 0 Å². The first-order valence-corrected chi connectivity index (χ1v) is 9.05. The Labute approximate surface area is 165 Å². The van der Waals surface area contributed by atoms with E-state index in [1.807, 2.05) is 67.3 Å². The number of amides is 1. The number of carbonyl (C=O) groups is 1. The van der Waals surface area contributed by atoms with E-state index in [0.717, 1.165) is 24.3 Å². The molecule has 144 valence electrons. The smallest absolute Gasteiger partial charge is 0.274 e. The monoisotopic (exact) mass is 376 g/mol. The topological polar surface area (TPSA) is 74.2 Å². The molecule has 0 spiro atoms. The van der Waals surface area contributed by atoms with Crippen molar-refractivity contribution in [2.45, 2.75) is 6.42 Å². The number of nitrogens with zero attached hydrogens (tertiary/aromatic N) is 5. The van der Waals surface area contributed by atoms with Gasteiger partial charge in [0, 0.05) is 57.7 Å². The van der Waals surface area contributed by atoms with E-state index in [0.29, 0.717) is 11.6 Å². The zero-order valence-corrected chi connectivity index (χ0v) is 16.3. The van der Waals surface area contributed by atoms with Gasteiger partial charge >= 0.3 is 0 Å². The highest BCUT2D eigenvalue weighted by Crippen LogP contribution is 2.16. The number of aromatic nitrogens is 3. The Morgan fingerprint density at radius 2 is 1.68 bits per heavy atom. The van der Waals surface area contributed by atoms with Crippen molar-refractivity contribution in [2.75, 3.05) is 42.8 Å². The van der Waals surface area contributed by atoms with Crippen molar-refractivity contribution in [3.8, 4) is 0 Å². The minimum atomic E-state index is -0.260. The van der Waals surface area contributed by atoms with Gasteiger partial charge in [-0.15, -0.1) is 0 Å². The van der Waals surface area contributed by atoms with Gasteiger partial charge in [0.1, 0.15) is 5.69 Å². The lowest BCUT2D eigenvalue weighted by molar-refractivity contribution is 0.102. The first kappa shape index (κ1) is 19.3. The van der Waals surface area contributed by atoms with Crippen molar-refractivity contribution in [3.63, 3.8) is 0 Å². The molecule has 0 saturated heterocycles. The molecule has 28 heavy (non-hydrogen) atoms. The van der Waals surface area contributed by atoms with Crippen molar-refractivity contribution >= 4 is 23.2 Å². The molecule has 3 rings (SSSR count). The average Bonchev–Trinajstić information content (AvgIpc) is 2.73. The quantitative estimate of drug-likeness (QED) is 0.683. The van der Waals surface area contributed by atoms with Crippen molar-refractivity contribution in [1.29, 1.82) is 0 Å². The second-order valence-electron chi connectivity index (χ2n) is 6.66. The predicted molar refractivity (Wildman–Crippen MR) is 112 cm³/mol. The van der Waals surface area contributed by atoms with Gasteiger partial charge in [0.2, 0.25) is 5.95 Å². The second-order valence-corrected chi connectivity index (χ2v) is 6.66. The Bertz CT molecular complexity index is 912. The molecule has 0 aliphatic heterocycles. The van der Waals surface area contributed by atoms with Crippen LogP contribution in [0, 0.1) is 0 Å². The highest BCUT2D eigenvalue weighted by atomic mass is 16.1. The molecule has 0 atom stereocenters. The molecular formula is C21H24N6O. The highest BCUT2D eigenvalue weighted by molar-refractivity contribution is 6.03. The largest absolute Gasteiger partial charge is 0.378 e. The summed E-state index contributed by atoms with van der Waals surface area (Å²) in [5.41, 5.74) is 3.31. The molecule has 0 aliphatic carbocycles. The summed E-state index contributed by atoms with van der Waals surface area (Å²) in [5, 5.41) is 2.88. The van der Waals surface area contributed by atoms with E-state index in [9.17, 15) is 4.79 Å². The summed E-state index contributed by atoms with van der Waals surface area (Å²) in [5.74, 6) is 0.258. The van der Waals surface area contributed by atoms with E-state index in [1.54, 1.807) is 24.7 Å². The van der Waals surface area contributed by atoms with Gasteiger partial charge in [-0.1, -0.05) is 0 Å². The maximum absolute atomic E-state index is 12.5. The zero-order valence-electron chi connectivity index (χ0n) is 16.3. The maximum Gasteiger partial charge on any atom is 0.274 e. The van der Waals surface area contributed by atoms with Gasteiger partial charge in [-0.2, -0.15) is 0 Å². The molecule has 7 heteroatoms. The molecule has 0 fully saturated rings. The Kier molecular flexibility index (Phi) is 6.16. The average molecular weight is 376 g/mol. The summed E-state index contributed by atoms with van der Waals surface area (Å²) in [7, 11) is 5.86. The number of hydrogen-bond acceptors (Lipinski definition) is 6. The Morgan fingerprint density at radius 3 is 2.36 bits per heavy atom. The highest BCUT2D eigenvalue weighted by Gasteiger charge is 2.12. The zero-order chi connectivity index (χ0) is 19.9. The molecule has 0 unspecified atom stereocenters. The van der Waals surface area contributed by atoms with Crippen LogP contribution >= 0.6 is 0 Å². The van der Waals surface area contributed by atoms with Crippen LogP contribution in [0.3, 0.4) is 0 Å². The molecule has 1 aromatic carbocycles. The summed E-state index contributed by atoms with van der Waals surface area (Å²) in [6.07, 6.45) is 6.01. The molecule has 1 N–H and O–H groups in total. The van der Waals surface area contributed by atoms with E-state index in [4.69, 9.17) is 0 Å². The van der Waals surface area contributed by atoms with Crippen LogP contribution in [-0.2, 0) is 6.42 Å². The lowest BCUT2D eigenvalue weighted by Crippen LogP contribution is -2.24. The van der Waals surface area contributed by atoms with Crippen molar-refractivity contribution in [3.05, 3.63) is 72.3 Å². The molecule has 2 heterocycles. The fourth-order valence-corrected chi connectivity index (χ4v) is 2.64. The van der Waals surface area contributed by atoms with Crippen LogP contribution in [-0.4, -0.2) is 48.5 Å². The van der Waals surface area contributed by atoms with Gasteiger partial charge in [-0.3, -0.25) is 9.78 Å². The number of carbonyl (C=O) groups excluding carboxylic acids is 1. The Balaban J connectivity index is 1.63. The van der Waals surface area contributed by atoms with Crippen LogP contribution < -0.4 is 15.1 Å². The maximum atomic E-state index is 12.5. The fourth-order valence-electron chi connectivity index (χ4n) is 2.64. The molecule has 0 saturated carbocycles. The summed E-state index contributed by atoms with van der Waals surface area (Å²) in [6.45, 7) is 0.737. The van der Waals surface area contributed by atoms with E-state index < -0.39 is 0 Å². The SMILES string of the molecule is CN(C)c1ccc(NC(=O)c2ccnc(N(C)CCc3ccncc3)n2)cc1. The van der Waals surface area contributed by atoms with E-state index in [-0.39, 0.29) is 5.91 Å². The van der Waals surface area contributed by atoms with Crippen LogP contribution in [0.1, 0.15) is 16.1 Å². The normalized spacial score (nSPS) is 10.4. The van der Waals surface area contributed by atoms with Gasteiger partial charge < -0.3 is 15.1 Å². The van der Waals surface area contributed by atoms with Crippen LogP contribution in [0.15, 0.2) is 61.1 Å². The number of pyridine rings is 1. The molecular weight excluding hydrogens is 352 g/mol. The van der Waals surface area contributed by atoms with E-state index in [1.165, 1.54) is 5.56 Å². The second kappa shape index (κ2) is 8.94. The van der Waals surface area contributed by atoms with Crippen molar-refractivity contribution in [1.82, 2.24) is 15.0 Å². The first-order chi connectivity index (χ1) is 13.5.